The van der Waals surface area contributed by atoms with Crippen molar-refractivity contribution in [3.05, 3.63) is 35.9 Å². The summed E-state index contributed by atoms with van der Waals surface area (Å²) in [5.74, 6) is 0.796. The van der Waals surface area contributed by atoms with E-state index in [0.717, 1.165) is 31.6 Å². The summed E-state index contributed by atoms with van der Waals surface area (Å²) in [4.78, 5) is 15.0. The number of benzene rings is 1. The SMILES string of the molecule is CCC(C(=O)NCC1CCN(C(C)C)CC1)c1ccccc1. The molecule has 1 aliphatic heterocycles. The molecule has 1 N–H and O–H groups in total. The lowest BCUT2D eigenvalue weighted by molar-refractivity contribution is -0.122. The van der Waals surface area contributed by atoms with Crippen LogP contribution in [0, 0.1) is 5.92 Å². The van der Waals surface area contributed by atoms with Crippen molar-refractivity contribution in [2.45, 2.75) is 52.0 Å². The lowest BCUT2D eigenvalue weighted by Crippen LogP contribution is -2.42. The first-order chi connectivity index (χ1) is 10.6. The van der Waals surface area contributed by atoms with E-state index in [0.29, 0.717) is 12.0 Å². The first-order valence-corrected chi connectivity index (χ1v) is 8.68. The van der Waals surface area contributed by atoms with Crippen molar-refractivity contribution in [1.82, 2.24) is 10.2 Å². The second-order valence-electron chi connectivity index (χ2n) is 6.69. The van der Waals surface area contributed by atoms with E-state index in [1.807, 2.05) is 18.2 Å². The van der Waals surface area contributed by atoms with Crippen LogP contribution >= 0.6 is 0 Å². The highest BCUT2D eigenvalue weighted by Gasteiger charge is 2.23. The van der Waals surface area contributed by atoms with Crippen molar-refractivity contribution in [3.63, 3.8) is 0 Å². The first kappa shape index (κ1) is 17.0. The molecule has 3 nitrogen and oxygen atoms in total. The van der Waals surface area contributed by atoms with E-state index < -0.39 is 0 Å². The maximum Gasteiger partial charge on any atom is 0.227 e. The second-order valence-corrected chi connectivity index (χ2v) is 6.69. The number of hydrogen-bond donors (Lipinski definition) is 1. The number of nitrogens with zero attached hydrogens (tertiary/aromatic N) is 1. The van der Waals surface area contributed by atoms with Crippen molar-refractivity contribution >= 4 is 5.91 Å². The van der Waals surface area contributed by atoms with Gasteiger partial charge in [-0.2, -0.15) is 0 Å². The molecule has 1 heterocycles. The molecule has 1 fully saturated rings. The second kappa shape index (κ2) is 8.33. The average molecular weight is 302 g/mol. The van der Waals surface area contributed by atoms with E-state index in [1.165, 1.54) is 12.8 Å². The Kier molecular flexibility index (Phi) is 6.44. The van der Waals surface area contributed by atoms with Crippen molar-refractivity contribution in [2.24, 2.45) is 5.92 Å². The molecular weight excluding hydrogens is 272 g/mol. The van der Waals surface area contributed by atoms with E-state index in [1.54, 1.807) is 0 Å². The summed E-state index contributed by atoms with van der Waals surface area (Å²) in [5.41, 5.74) is 1.12. The van der Waals surface area contributed by atoms with Gasteiger partial charge in [0.2, 0.25) is 5.91 Å². The van der Waals surface area contributed by atoms with Crippen LogP contribution in [0.2, 0.25) is 0 Å². The predicted octanol–water partition coefficient (Wildman–Crippen LogP) is 3.42. The molecule has 3 heteroatoms. The third kappa shape index (κ3) is 4.57. The Bertz CT molecular complexity index is 450. The molecule has 0 spiro atoms. The fraction of sp³-hybridized carbons (Fsp3) is 0.632. The molecule has 1 amide bonds. The predicted molar refractivity (Wildman–Crippen MR) is 91.9 cm³/mol. The van der Waals surface area contributed by atoms with Crippen LogP contribution in [0.15, 0.2) is 30.3 Å². The number of hydrogen-bond acceptors (Lipinski definition) is 2. The Balaban J connectivity index is 1.80. The van der Waals surface area contributed by atoms with Gasteiger partial charge in [-0.05, 0) is 57.7 Å². The number of likely N-dealkylation sites (tertiary alicyclic amines) is 1. The number of nitrogens with one attached hydrogen (secondary N) is 1. The maximum atomic E-state index is 12.5. The van der Waals surface area contributed by atoms with Crippen LogP contribution in [0.25, 0.3) is 0 Å². The minimum Gasteiger partial charge on any atom is -0.355 e. The third-order valence-corrected chi connectivity index (χ3v) is 4.87. The third-order valence-electron chi connectivity index (χ3n) is 4.87. The smallest absolute Gasteiger partial charge is 0.227 e. The summed E-state index contributed by atoms with van der Waals surface area (Å²) in [7, 11) is 0. The number of piperidine rings is 1. The van der Waals surface area contributed by atoms with Crippen LogP contribution < -0.4 is 5.32 Å². The summed E-state index contributed by atoms with van der Waals surface area (Å²) < 4.78 is 0. The Morgan fingerprint density at radius 2 is 1.86 bits per heavy atom. The highest BCUT2D eigenvalue weighted by Crippen LogP contribution is 2.21. The van der Waals surface area contributed by atoms with Crippen LogP contribution in [0.1, 0.15) is 51.5 Å². The summed E-state index contributed by atoms with van der Waals surface area (Å²) in [6, 6.07) is 10.7. The van der Waals surface area contributed by atoms with Crippen molar-refractivity contribution in [1.29, 1.82) is 0 Å². The molecule has 0 aromatic heterocycles. The molecule has 0 saturated carbocycles. The van der Waals surface area contributed by atoms with Gasteiger partial charge in [-0.1, -0.05) is 37.3 Å². The molecule has 1 atom stereocenters. The first-order valence-electron chi connectivity index (χ1n) is 8.68. The quantitative estimate of drug-likeness (QED) is 0.873. The van der Waals surface area contributed by atoms with Gasteiger partial charge in [-0.25, -0.2) is 0 Å². The van der Waals surface area contributed by atoms with E-state index in [9.17, 15) is 4.79 Å². The molecule has 1 saturated heterocycles. The van der Waals surface area contributed by atoms with Crippen LogP contribution in [-0.2, 0) is 4.79 Å². The van der Waals surface area contributed by atoms with Gasteiger partial charge in [0.15, 0.2) is 0 Å². The topological polar surface area (TPSA) is 32.3 Å². The van der Waals surface area contributed by atoms with Crippen LogP contribution in [0.3, 0.4) is 0 Å². The zero-order chi connectivity index (χ0) is 15.9. The minimum atomic E-state index is -0.0167. The molecule has 1 aromatic carbocycles. The molecule has 122 valence electrons. The zero-order valence-electron chi connectivity index (χ0n) is 14.2. The summed E-state index contributed by atoms with van der Waals surface area (Å²) >= 11 is 0. The van der Waals surface area contributed by atoms with E-state index in [2.05, 4.69) is 43.1 Å². The van der Waals surface area contributed by atoms with Crippen molar-refractivity contribution in [3.8, 4) is 0 Å². The van der Waals surface area contributed by atoms with Crippen LogP contribution in [-0.4, -0.2) is 36.5 Å². The van der Waals surface area contributed by atoms with E-state index in [4.69, 9.17) is 0 Å². The Morgan fingerprint density at radius 3 is 2.41 bits per heavy atom. The molecular formula is C19H30N2O. The van der Waals surface area contributed by atoms with Crippen molar-refractivity contribution < 1.29 is 4.79 Å². The van der Waals surface area contributed by atoms with E-state index >= 15 is 0 Å². The highest BCUT2D eigenvalue weighted by atomic mass is 16.1. The summed E-state index contributed by atoms with van der Waals surface area (Å²) in [6.45, 7) is 9.75. The largest absolute Gasteiger partial charge is 0.355 e. The molecule has 1 aliphatic rings. The lowest BCUT2D eigenvalue weighted by atomic mass is 9.93. The normalized spacial score (nSPS) is 18.4. The lowest BCUT2D eigenvalue weighted by Gasteiger charge is -2.34. The van der Waals surface area contributed by atoms with Gasteiger partial charge in [0.05, 0.1) is 5.92 Å². The van der Waals surface area contributed by atoms with Gasteiger partial charge in [0.1, 0.15) is 0 Å². The monoisotopic (exact) mass is 302 g/mol. The van der Waals surface area contributed by atoms with Crippen LogP contribution in [0.5, 0.6) is 0 Å². The molecule has 1 aromatic rings. The molecule has 0 radical (unpaired) electrons. The van der Waals surface area contributed by atoms with Crippen LogP contribution in [0.4, 0.5) is 0 Å². The van der Waals surface area contributed by atoms with Gasteiger partial charge >= 0.3 is 0 Å². The number of amides is 1. The number of carbonyl (C=O) groups excluding carboxylic acids is 1. The van der Waals surface area contributed by atoms with Gasteiger partial charge in [-0.3, -0.25) is 4.79 Å². The average Bonchev–Trinajstić information content (AvgIpc) is 2.55. The van der Waals surface area contributed by atoms with Gasteiger partial charge in [-0.15, -0.1) is 0 Å². The summed E-state index contributed by atoms with van der Waals surface area (Å²) in [5, 5.41) is 3.19. The Morgan fingerprint density at radius 1 is 1.23 bits per heavy atom. The minimum absolute atomic E-state index is 0.0167. The van der Waals surface area contributed by atoms with Gasteiger partial charge in [0, 0.05) is 12.6 Å². The van der Waals surface area contributed by atoms with Gasteiger partial charge < -0.3 is 10.2 Å². The fourth-order valence-electron chi connectivity index (χ4n) is 3.30. The highest BCUT2D eigenvalue weighted by molar-refractivity contribution is 5.83. The maximum absolute atomic E-state index is 12.5. The Hall–Kier alpha value is -1.35. The molecule has 1 unspecified atom stereocenters. The fourth-order valence-corrected chi connectivity index (χ4v) is 3.30. The zero-order valence-corrected chi connectivity index (χ0v) is 14.2. The number of carbonyl (C=O) groups is 1. The molecule has 22 heavy (non-hydrogen) atoms. The van der Waals surface area contributed by atoms with Crippen molar-refractivity contribution in [2.75, 3.05) is 19.6 Å². The molecule has 0 aliphatic carbocycles. The number of rotatable bonds is 6. The molecule has 2 rings (SSSR count). The Labute approximate surface area is 135 Å². The van der Waals surface area contributed by atoms with E-state index in [-0.39, 0.29) is 11.8 Å². The standard InChI is InChI=1S/C19H30N2O/c1-4-18(17-8-6-5-7-9-17)19(22)20-14-16-10-12-21(13-11-16)15(2)3/h5-9,15-16,18H,4,10-14H2,1-3H3,(H,20,22). The molecule has 0 bridgehead atoms. The summed E-state index contributed by atoms with van der Waals surface area (Å²) in [6.07, 6.45) is 3.24. The van der Waals surface area contributed by atoms with Gasteiger partial charge in [0.25, 0.3) is 0 Å².